The minimum Gasteiger partial charge on any atom is -0.455 e. The van der Waals surface area contributed by atoms with E-state index in [2.05, 4.69) is 0 Å². The van der Waals surface area contributed by atoms with E-state index in [1.54, 1.807) is 0 Å². The van der Waals surface area contributed by atoms with Crippen LogP contribution in [0.2, 0.25) is 0 Å². The summed E-state index contributed by atoms with van der Waals surface area (Å²) >= 11 is 0. The minimum atomic E-state index is -4.81. The zero-order valence-electron chi connectivity index (χ0n) is 36.8. The van der Waals surface area contributed by atoms with E-state index in [0.29, 0.717) is 16.8 Å². The van der Waals surface area contributed by atoms with E-state index in [4.69, 9.17) is 4.42 Å². The molecule has 0 atom stereocenters. The average Bonchev–Trinajstić information content (AvgIpc) is 3.27. The van der Waals surface area contributed by atoms with Crippen molar-refractivity contribution in [2.75, 3.05) is 0 Å². The van der Waals surface area contributed by atoms with Crippen LogP contribution in [0.4, 0.5) is 39.5 Å². The Balaban J connectivity index is 1.54. The molecule has 0 bridgehead atoms. The van der Waals surface area contributed by atoms with Crippen LogP contribution in [0, 0.1) is 0 Å². The Labute approximate surface area is 377 Å². The van der Waals surface area contributed by atoms with Crippen molar-refractivity contribution in [3.63, 3.8) is 0 Å². The van der Waals surface area contributed by atoms with E-state index in [-0.39, 0.29) is 94.6 Å². The molecule has 7 aromatic carbocycles. The summed E-state index contributed by atoms with van der Waals surface area (Å²) in [6, 6.07) is 24.5. The third kappa shape index (κ3) is 7.71. The van der Waals surface area contributed by atoms with Gasteiger partial charge in [-0.05, 0) is 123 Å². The number of aromatic nitrogens is 1. The van der Waals surface area contributed by atoms with Crippen molar-refractivity contribution in [2.24, 2.45) is 0 Å². The zero-order chi connectivity index (χ0) is 48.2. The van der Waals surface area contributed by atoms with E-state index in [1.165, 1.54) is 66.7 Å². The summed E-state index contributed by atoms with van der Waals surface area (Å²) in [5, 5.41) is 0.262. The van der Waals surface area contributed by atoms with Crippen molar-refractivity contribution < 1.29 is 43.9 Å². The monoisotopic (exact) mass is 921 g/mol. The molecule has 0 spiro atoms. The maximum Gasteiger partial charge on any atom is 0.416 e. The first-order valence-corrected chi connectivity index (χ1v) is 21.5. The van der Waals surface area contributed by atoms with Gasteiger partial charge in [-0.1, -0.05) is 96.1 Å². The van der Waals surface area contributed by atoms with Crippen LogP contribution in [-0.2, 0) is 18.5 Å². The molecule has 13 heteroatoms. The summed E-state index contributed by atoms with van der Waals surface area (Å²) in [7, 11) is 0. The zero-order valence-corrected chi connectivity index (χ0v) is 36.8. The van der Waals surface area contributed by atoms with E-state index in [1.807, 2.05) is 53.7 Å². The van der Waals surface area contributed by atoms with Gasteiger partial charge < -0.3 is 4.42 Å². The van der Waals surface area contributed by atoms with Crippen molar-refractivity contribution in [1.29, 1.82) is 0 Å². The highest BCUT2D eigenvalue weighted by Gasteiger charge is 2.34. The molecule has 0 fully saturated rings. The lowest BCUT2D eigenvalue weighted by molar-refractivity contribution is -0.138. The summed E-state index contributed by atoms with van der Waals surface area (Å²) in [5.74, 6) is -0.377. The van der Waals surface area contributed by atoms with Crippen LogP contribution < -0.4 is 11.1 Å². The van der Waals surface area contributed by atoms with Gasteiger partial charge in [-0.25, -0.2) is 4.57 Å². The van der Waals surface area contributed by atoms with E-state index in [0.717, 1.165) is 46.5 Å². The largest absolute Gasteiger partial charge is 0.455 e. The molecule has 0 N–H and O–H groups in total. The number of hydrogen-bond donors (Lipinski definition) is 0. The average molecular weight is 922 g/mol. The van der Waals surface area contributed by atoms with E-state index in [9.17, 15) is 39.5 Å². The first-order valence-electron chi connectivity index (χ1n) is 21.5. The normalized spacial score (nSPS) is 12.9. The first kappa shape index (κ1) is 45.3. The highest BCUT2D eigenvalue weighted by molar-refractivity contribution is 6.32. The molecule has 9 rings (SSSR count). The van der Waals surface area contributed by atoms with Crippen LogP contribution in [0.3, 0.4) is 0 Å². The Kier molecular flexibility index (Phi) is 10.7. The topological polar surface area (TPSA) is 52.2 Å². The summed E-state index contributed by atoms with van der Waals surface area (Å²) in [6.07, 6.45) is -14.3. The van der Waals surface area contributed by atoms with Gasteiger partial charge in [-0.3, -0.25) is 9.59 Å². The number of nitrogens with zero attached hydrogens (tertiary/aromatic N) is 1. The molecule has 4 nitrogen and oxygen atoms in total. The molecule has 0 amide bonds. The van der Waals surface area contributed by atoms with E-state index < -0.39 is 46.3 Å². The molecule has 2 aromatic heterocycles. The quantitative estimate of drug-likeness (QED) is 0.0909. The van der Waals surface area contributed by atoms with Crippen molar-refractivity contribution in [3.8, 4) is 39.1 Å². The van der Waals surface area contributed by atoms with Crippen LogP contribution in [0.1, 0.15) is 92.7 Å². The Hall–Kier alpha value is -6.89. The predicted molar refractivity (Wildman–Crippen MR) is 245 cm³/mol. The lowest BCUT2D eigenvalue weighted by atomic mass is 9.85. The van der Waals surface area contributed by atoms with Gasteiger partial charge in [0.25, 0.3) is 11.1 Å². The minimum absolute atomic E-state index is 0.0134. The molecule has 0 aliphatic rings. The second kappa shape index (κ2) is 15.9. The fraction of sp³-hybridized carbons (Fsp3) is 0.222. The van der Waals surface area contributed by atoms with Gasteiger partial charge in [0.2, 0.25) is 0 Å². The van der Waals surface area contributed by atoms with Crippen LogP contribution in [0.15, 0.2) is 129 Å². The van der Waals surface area contributed by atoms with Gasteiger partial charge >= 0.3 is 18.5 Å². The standard InChI is InChI=1S/C54H40F9NO3/c1-26(2)33-22-37(27(3)4)48(38(23-33)28(5)6)64-50(65)42-24-39(31-11-8-14-35(19-31)53(58,59)60)45-41-21-30(29-10-7-13-34(18-29)52(55,56)57)16-17-44(41)67-49-40(25-43(51(64)66)46(42)47(45)49)32-12-9-15-36(20-32)54(61,62)63/h7-28H,1-6H3. The fourth-order valence-electron chi connectivity index (χ4n) is 9.19. The Morgan fingerprint density at radius 1 is 0.448 bits per heavy atom. The summed E-state index contributed by atoms with van der Waals surface area (Å²) in [6.45, 7) is 11.7. The molecular formula is C54H40F9NO3. The van der Waals surface area contributed by atoms with E-state index >= 15 is 9.59 Å². The maximum absolute atomic E-state index is 15.5. The molecule has 0 saturated heterocycles. The number of benzene rings is 7. The fourth-order valence-corrected chi connectivity index (χ4v) is 9.19. The number of rotatable bonds is 7. The lowest BCUT2D eigenvalue weighted by Gasteiger charge is -2.25. The highest BCUT2D eigenvalue weighted by atomic mass is 19.4. The number of pyridine rings is 1. The van der Waals surface area contributed by atoms with Crippen molar-refractivity contribution in [2.45, 2.75) is 77.8 Å². The maximum atomic E-state index is 15.5. The third-order valence-electron chi connectivity index (χ3n) is 12.5. The van der Waals surface area contributed by atoms with Gasteiger partial charge in [-0.2, -0.15) is 39.5 Å². The molecule has 9 aromatic rings. The summed E-state index contributed by atoms with van der Waals surface area (Å²) in [4.78, 5) is 31.0. The lowest BCUT2D eigenvalue weighted by Crippen LogP contribution is -2.34. The number of hydrogen-bond acceptors (Lipinski definition) is 3. The predicted octanol–water partition coefficient (Wildman–Crippen LogP) is 16.3. The van der Waals surface area contributed by atoms with Gasteiger partial charge in [0.1, 0.15) is 11.2 Å². The smallest absolute Gasteiger partial charge is 0.416 e. The Morgan fingerprint density at radius 3 is 1.37 bits per heavy atom. The third-order valence-corrected chi connectivity index (χ3v) is 12.5. The summed E-state index contributed by atoms with van der Waals surface area (Å²) in [5.41, 5.74) is -1.45. The number of fused-ring (bicyclic) bond motifs is 2. The molecular weight excluding hydrogens is 882 g/mol. The molecule has 0 saturated carbocycles. The van der Waals surface area contributed by atoms with Crippen LogP contribution >= 0.6 is 0 Å². The molecule has 342 valence electrons. The van der Waals surface area contributed by atoms with Crippen LogP contribution in [-0.4, -0.2) is 4.57 Å². The van der Waals surface area contributed by atoms with Gasteiger partial charge in [0.15, 0.2) is 0 Å². The van der Waals surface area contributed by atoms with Gasteiger partial charge in [0, 0.05) is 37.9 Å². The Bertz CT molecular complexity index is 3510. The molecule has 0 radical (unpaired) electrons. The summed E-state index contributed by atoms with van der Waals surface area (Å²) < 4.78 is 136. The van der Waals surface area contributed by atoms with Crippen molar-refractivity contribution in [1.82, 2.24) is 4.57 Å². The second-order valence-corrected chi connectivity index (χ2v) is 17.9. The molecule has 0 unspecified atom stereocenters. The van der Waals surface area contributed by atoms with Gasteiger partial charge in [0.05, 0.1) is 22.4 Å². The molecule has 0 aliphatic heterocycles. The molecule has 2 heterocycles. The highest BCUT2D eigenvalue weighted by Crippen LogP contribution is 2.48. The molecule has 67 heavy (non-hydrogen) atoms. The first-order chi connectivity index (χ1) is 31.4. The van der Waals surface area contributed by atoms with Crippen molar-refractivity contribution in [3.05, 3.63) is 169 Å². The van der Waals surface area contributed by atoms with Crippen LogP contribution in [0.5, 0.6) is 0 Å². The van der Waals surface area contributed by atoms with Crippen LogP contribution in [0.25, 0.3) is 82.6 Å². The molecule has 0 aliphatic carbocycles. The van der Waals surface area contributed by atoms with Gasteiger partial charge in [-0.15, -0.1) is 0 Å². The SMILES string of the molecule is CC(C)c1cc(C(C)C)c(-n2c(=O)c3cc(-c4cccc(C(F)(F)F)c4)c4oc5ccc(-c6cccc(C(F)(F)F)c6)cc5c5c(-c6cccc(C(F)(F)F)c6)cc(c2=O)c3c45)c(C(C)C)c1. The number of alkyl halides is 9. The number of halogens is 9. The Morgan fingerprint density at radius 2 is 0.896 bits per heavy atom. The second-order valence-electron chi connectivity index (χ2n) is 17.9. The van der Waals surface area contributed by atoms with Crippen molar-refractivity contribution >= 4 is 43.5 Å².